The van der Waals surface area contributed by atoms with E-state index in [2.05, 4.69) is 34.7 Å². The van der Waals surface area contributed by atoms with Gasteiger partial charge < -0.3 is 15.4 Å². The number of ether oxygens (including phenoxy) is 1. The number of nitrogens with zero attached hydrogens (tertiary/aromatic N) is 2. The van der Waals surface area contributed by atoms with E-state index in [-0.39, 0.29) is 0 Å². The molecular weight excluding hydrogens is 336 g/mol. The van der Waals surface area contributed by atoms with E-state index >= 15 is 0 Å². The first-order chi connectivity index (χ1) is 13.3. The zero-order chi connectivity index (χ0) is 18.7. The topological polar surface area (TPSA) is 58.5 Å². The van der Waals surface area contributed by atoms with E-state index in [1.165, 1.54) is 12.8 Å². The number of aromatic nitrogens is 1. The lowest BCUT2D eigenvalue weighted by molar-refractivity contribution is 0.208. The van der Waals surface area contributed by atoms with Crippen LogP contribution in [0.2, 0.25) is 0 Å². The molecule has 2 N–H and O–H groups in total. The SMILES string of the molecule is CCNC(=NCc1ccccc1OC1CCCC1)NCCc1ccccn1. The van der Waals surface area contributed by atoms with Crippen molar-refractivity contribution < 1.29 is 4.74 Å². The number of nitrogens with one attached hydrogen (secondary N) is 2. The molecule has 1 saturated carbocycles. The second-order valence-corrected chi connectivity index (χ2v) is 6.83. The van der Waals surface area contributed by atoms with E-state index in [4.69, 9.17) is 9.73 Å². The van der Waals surface area contributed by atoms with Gasteiger partial charge in [0.1, 0.15) is 5.75 Å². The highest BCUT2D eigenvalue weighted by molar-refractivity contribution is 5.79. The molecule has 144 valence electrons. The van der Waals surface area contributed by atoms with Gasteiger partial charge >= 0.3 is 0 Å². The molecule has 0 radical (unpaired) electrons. The van der Waals surface area contributed by atoms with Gasteiger partial charge in [-0.15, -0.1) is 0 Å². The van der Waals surface area contributed by atoms with Crippen molar-refractivity contribution in [2.75, 3.05) is 13.1 Å². The first-order valence-electron chi connectivity index (χ1n) is 10.0. The Kier molecular flexibility index (Phi) is 7.51. The molecule has 1 aliphatic carbocycles. The Balaban J connectivity index is 1.57. The number of aliphatic imine (C=N–C) groups is 1. The highest BCUT2D eigenvalue weighted by Crippen LogP contribution is 2.26. The zero-order valence-electron chi connectivity index (χ0n) is 16.2. The van der Waals surface area contributed by atoms with Gasteiger partial charge in [0.15, 0.2) is 5.96 Å². The molecule has 0 saturated heterocycles. The van der Waals surface area contributed by atoms with E-state index in [0.29, 0.717) is 12.6 Å². The standard InChI is InChI=1S/C22H30N4O/c1-2-23-22(25-16-14-19-10-7-8-15-24-19)26-17-18-9-3-6-13-21(18)27-20-11-4-5-12-20/h3,6-10,13,15,20H,2,4-5,11-12,14,16-17H2,1H3,(H2,23,25,26). The number of benzene rings is 1. The normalized spacial score (nSPS) is 14.9. The predicted octanol–water partition coefficient (Wildman–Crippen LogP) is 3.70. The third-order valence-electron chi connectivity index (χ3n) is 4.72. The Hall–Kier alpha value is -2.56. The van der Waals surface area contributed by atoms with Crippen LogP contribution in [0.1, 0.15) is 43.9 Å². The first-order valence-corrected chi connectivity index (χ1v) is 10.0. The average molecular weight is 367 g/mol. The predicted molar refractivity (Wildman–Crippen MR) is 110 cm³/mol. The third kappa shape index (κ3) is 6.27. The van der Waals surface area contributed by atoms with Crippen LogP contribution < -0.4 is 15.4 Å². The molecule has 0 atom stereocenters. The van der Waals surface area contributed by atoms with Gasteiger partial charge in [-0.05, 0) is 50.8 Å². The summed E-state index contributed by atoms with van der Waals surface area (Å²) in [4.78, 5) is 9.10. The number of guanidine groups is 1. The lowest BCUT2D eigenvalue weighted by Gasteiger charge is -2.16. The van der Waals surface area contributed by atoms with E-state index in [0.717, 1.165) is 55.3 Å². The first kappa shape index (κ1) is 19.2. The summed E-state index contributed by atoms with van der Waals surface area (Å²) < 4.78 is 6.22. The van der Waals surface area contributed by atoms with Gasteiger partial charge in [-0.1, -0.05) is 24.3 Å². The Bertz CT molecular complexity index is 711. The fraction of sp³-hybridized carbons (Fsp3) is 0.455. The van der Waals surface area contributed by atoms with Crippen molar-refractivity contribution in [1.29, 1.82) is 0 Å². The Morgan fingerprint density at radius 2 is 1.93 bits per heavy atom. The van der Waals surface area contributed by atoms with E-state index in [1.807, 2.05) is 36.5 Å². The van der Waals surface area contributed by atoms with Gasteiger partial charge in [0.05, 0.1) is 12.6 Å². The molecule has 0 bridgehead atoms. The fourth-order valence-electron chi connectivity index (χ4n) is 3.30. The van der Waals surface area contributed by atoms with Crippen LogP contribution in [0.15, 0.2) is 53.7 Å². The minimum Gasteiger partial charge on any atom is -0.490 e. The molecule has 0 aliphatic heterocycles. The minimum absolute atomic E-state index is 0.361. The minimum atomic E-state index is 0.361. The largest absolute Gasteiger partial charge is 0.490 e. The van der Waals surface area contributed by atoms with Crippen LogP contribution in [0.25, 0.3) is 0 Å². The maximum Gasteiger partial charge on any atom is 0.191 e. The second kappa shape index (κ2) is 10.6. The maximum atomic E-state index is 6.22. The van der Waals surface area contributed by atoms with Gasteiger partial charge in [-0.3, -0.25) is 4.98 Å². The number of hydrogen-bond donors (Lipinski definition) is 2. The number of pyridine rings is 1. The lowest BCUT2D eigenvalue weighted by Crippen LogP contribution is -2.38. The van der Waals surface area contributed by atoms with Crippen LogP contribution in [0.5, 0.6) is 5.75 Å². The lowest BCUT2D eigenvalue weighted by atomic mass is 10.2. The highest BCUT2D eigenvalue weighted by Gasteiger charge is 2.17. The van der Waals surface area contributed by atoms with Crippen LogP contribution in [0.3, 0.4) is 0 Å². The third-order valence-corrected chi connectivity index (χ3v) is 4.72. The van der Waals surface area contributed by atoms with E-state index < -0.39 is 0 Å². The molecule has 1 aromatic carbocycles. The van der Waals surface area contributed by atoms with Crippen molar-refractivity contribution in [3.63, 3.8) is 0 Å². The smallest absolute Gasteiger partial charge is 0.191 e. The quantitative estimate of drug-likeness (QED) is 0.552. The molecule has 0 spiro atoms. The Labute approximate surface area is 162 Å². The van der Waals surface area contributed by atoms with Crippen LogP contribution in [0.4, 0.5) is 0 Å². The molecule has 27 heavy (non-hydrogen) atoms. The molecule has 5 nitrogen and oxygen atoms in total. The van der Waals surface area contributed by atoms with Crippen molar-refractivity contribution in [3.8, 4) is 5.75 Å². The summed E-state index contributed by atoms with van der Waals surface area (Å²) in [6.07, 6.45) is 7.93. The molecule has 5 heteroatoms. The van der Waals surface area contributed by atoms with Gasteiger partial charge in [0.2, 0.25) is 0 Å². The summed E-state index contributed by atoms with van der Waals surface area (Å²) in [5.74, 6) is 1.79. The molecule has 2 aromatic rings. The molecule has 1 aromatic heterocycles. The Morgan fingerprint density at radius 3 is 2.70 bits per heavy atom. The number of rotatable bonds is 8. The van der Waals surface area contributed by atoms with Gasteiger partial charge in [0.25, 0.3) is 0 Å². The summed E-state index contributed by atoms with van der Waals surface area (Å²) in [6, 6.07) is 14.2. The van der Waals surface area contributed by atoms with Crippen molar-refractivity contribution in [2.24, 2.45) is 4.99 Å². The van der Waals surface area contributed by atoms with Crippen LogP contribution in [-0.4, -0.2) is 30.1 Å². The molecular formula is C22H30N4O. The van der Waals surface area contributed by atoms with Crippen molar-refractivity contribution in [3.05, 3.63) is 59.9 Å². The van der Waals surface area contributed by atoms with Gasteiger partial charge in [-0.25, -0.2) is 4.99 Å². The average Bonchev–Trinajstić information content (AvgIpc) is 3.21. The van der Waals surface area contributed by atoms with Crippen LogP contribution in [-0.2, 0) is 13.0 Å². The Morgan fingerprint density at radius 1 is 1.11 bits per heavy atom. The zero-order valence-corrected chi connectivity index (χ0v) is 16.2. The summed E-state index contributed by atoms with van der Waals surface area (Å²) in [6.45, 7) is 4.30. The highest BCUT2D eigenvalue weighted by atomic mass is 16.5. The summed E-state index contributed by atoms with van der Waals surface area (Å²) in [5, 5.41) is 6.70. The molecule has 0 unspecified atom stereocenters. The molecule has 0 amide bonds. The van der Waals surface area contributed by atoms with Crippen molar-refractivity contribution >= 4 is 5.96 Å². The number of hydrogen-bond acceptors (Lipinski definition) is 3. The number of para-hydroxylation sites is 1. The van der Waals surface area contributed by atoms with Crippen molar-refractivity contribution in [2.45, 2.75) is 51.7 Å². The summed E-state index contributed by atoms with van der Waals surface area (Å²) >= 11 is 0. The van der Waals surface area contributed by atoms with E-state index in [1.54, 1.807) is 0 Å². The molecule has 1 fully saturated rings. The van der Waals surface area contributed by atoms with E-state index in [9.17, 15) is 0 Å². The maximum absolute atomic E-state index is 6.22. The van der Waals surface area contributed by atoms with Crippen molar-refractivity contribution in [1.82, 2.24) is 15.6 Å². The monoisotopic (exact) mass is 366 g/mol. The van der Waals surface area contributed by atoms with Gasteiger partial charge in [-0.2, -0.15) is 0 Å². The fourth-order valence-corrected chi connectivity index (χ4v) is 3.30. The molecule has 3 rings (SSSR count). The second-order valence-electron chi connectivity index (χ2n) is 6.83. The van der Waals surface area contributed by atoms with Gasteiger partial charge in [0, 0.05) is 37.0 Å². The molecule has 1 heterocycles. The summed E-state index contributed by atoms with van der Waals surface area (Å²) in [7, 11) is 0. The van der Waals surface area contributed by atoms with Crippen LogP contribution >= 0.6 is 0 Å². The van der Waals surface area contributed by atoms with Crippen LogP contribution in [0, 0.1) is 0 Å². The molecule has 1 aliphatic rings. The summed E-state index contributed by atoms with van der Waals surface area (Å²) in [5.41, 5.74) is 2.21.